The zero-order valence-electron chi connectivity index (χ0n) is 28.8. The minimum absolute atomic E-state index is 0.0591. The number of carbonyl (C=O) groups excluding carboxylic acids is 4. The number of carbonyl (C=O) groups is 4. The fourth-order valence-corrected chi connectivity index (χ4v) is 8.65. The third kappa shape index (κ3) is 9.05. The number of halogens is 2. The van der Waals surface area contributed by atoms with Crippen molar-refractivity contribution in [1.82, 2.24) is 5.32 Å². The molecule has 1 aliphatic carbocycles. The topological polar surface area (TPSA) is 114 Å². The summed E-state index contributed by atoms with van der Waals surface area (Å²) in [5.41, 5.74) is 2.44. The van der Waals surface area contributed by atoms with Gasteiger partial charge in [0, 0.05) is 26.6 Å². The van der Waals surface area contributed by atoms with Crippen LogP contribution in [0.4, 0.5) is 15.1 Å². The summed E-state index contributed by atoms with van der Waals surface area (Å²) in [7, 11) is 1.34. The zero-order valence-corrected chi connectivity index (χ0v) is 31.2. The Bertz CT molecular complexity index is 2170. The Morgan fingerprint density at radius 3 is 2.38 bits per heavy atom. The van der Waals surface area contributed by atoms with Gasteiger partial charge in [0.2, 0.25) is 5.91 Å². The Hall–Kier alpha value is -5.23. The molecule has 0 saturated heterocycles. The number of thioether (sulfide) groups is 1. The smallest absolute Gasteiger partial charge is 0.341 e. The van der Waals surface area contributed by atoms with Gasteiger partial charge in [0.05, 0.1) is 17.7 Å². The highest BCUT2D eigenvalue weighted by Crippen LogP contribution is 2.42. The van der Waals surface area contributed by atoms with Crippen LogP contribution in [0.1, 0.15) is 60.9 Å². The number of fused-ring (bicyclic) bond motifs is 1. The number of hydrogen-bond donors (Lipinski definition) is 3. The van der Waals surface area contributed by atoms with Gasteiger partial charge in [-0.1, -0.05) is 79.2 Å². The van der Waals surface area contributed by atoms with E-state index in [1.807, 2.05) is 36.4 Å². The van der Waals surface area contributed by atoms with Crippen LogP contribution in [-0.2, 0) is 27.2 Å². The SMILES string of the molecule is COC(=O)c1c(NC(=O)C(Sc2cccc(NC(=O)/C(=C\c3c(F)cccc3Cl)NC(=O)c3ccccc3)c2)c2ccccc2)sc2c1CCC(C)C2. The van der Waals surface area contributed by atoms with Crippen molar-refractivity contribution in [3.8, 4) is 0 Å². The second kappa shape index (κ2) is 17.1. The van der Waals surface area contributed by atoms with Gasteiger partial charge in [-0.3, -0.25) is 14.4 Å². The average Bonchev–Trinajstić information content (AvgIpc) is 3.51. The van der Waals surface area contributed by atoms with E-state index < -0.39 is 28.9 Å². The summed E-state index contributed by atoms with van der Waals surface area (Å²) in [4.78, 5) is 55.6. The highest BCUT2D eigenvalue weighted by Gasteiger charge is 2.31. The quantitative estimate of drug-likeness (QED) is 0.0702. The van der Waals surface area contributed by atoms with Crippen molar-refractivity contribution in [1.29, 1.82) is 0 Å². The van der Waals surface area contributed by atoms with Crippen molar-refractivity contribution in [2.45, 2.75) is 36.3 Å². The van der Waals surface area contributed by atoms with Gasteiger partial charge in [-0.05, 0) is 84.8 Å². The van der Waals surface area contributed by atoms with Gasteiger partial charge in [-0.2, -0.15) is 0 Å². The maximum atomic E-state index is 14.8. The molecular weight excluding hydrogens is 733 g/mol. The molecule has 1 aliphatic rings. The lowest BCUT2D eigenvalue weighted by Gasteiger charge is -2.18. The van der Waals surface area contributed by atoms with Crippen molar-refractivity contribution < 1.29 is 28.3 Å². The van der Waals surface area contributed by atoms with Crippen molar-refractivity contribution in [3.63, 3.8) is 0 Å². The number of rotatable bonds is 11. The van der Waals surface area contributed by atoms with Crippen LogP contribution in [0.15, 0.2) is 114 Å². The van der Waals surface area contributed by atoms with E-state index in [1.165, 1.54) is 54.5 Å². The number of thiophene rings is 1. The molecule has 1 heterocycles. The minimum Gasteiger partial charge on any atom is -0.465 e. The standard InChI is InChI=1S/C41H35ClFN3O5S2/c1-24-19-20-29-34(21-24)53-40(35(29)41(50)51-2)46-39(49)36(25-11-5-3-6-12-25)52-28-16-9-15-27(22-28)44-38(48)33(23-30-31(42)17-10-18-32(30)43)45-37(47)26-13-7-4-8-14-26/h3-18,22-24,36H,19-21H2,1-2H3,(H,44,48)(H,45,47)(H,46,49)/b33-23+. The number of anilines is 2. The minimum atomic E-state index is -0.741. The highest BCUT2D eigenvalue weighted by molar-refractivity contribution is 8.00. The first kappa shape index (κ1) is 37.5. The molecule has 0 saturated carbocycles. The number of ether oxygens (including phenoxy) is 1. The molecule has 2 atom stereocenters. The van der Waals surface area contributed by atoms with E-state index in [1.54, 1.807) is 48.5 Å². The molecular formula is C41H35ClFN3O5S2. The first-order valence-electron chi connectivity index (χ1n) is 16.8. The summed E-state index contributed by atoms with van der Waals surface area (Å²) in [5.74, 6) is -2.30. The second-order valence-corrected chi connectivity index (χ2v) is 15.1. The normalized spacial score (nSPS) is 14.4. The Labute approximate surface area is 319 Å². The Balaban J connectivity index is 1.26. The second-order valence-electron chi connectivity index (χ2n) is 12.4. The van der Waals surface area contributed by atoms with Gasteiger partial charge < -0.3 is 20.7 Å². The summed E-state index contributed by atoms with van der Waals surface area (Å²) in [6.07, 6.45) is 3.70. The Kier molecular flexibility index (Phi) is 12.1. The van der Waals surface area contributed by atoms with Crippen molar-refractivity contribution >= 4 is 75.2 Å². The third-order valence-corrected chi connectivity index (χ3v) is 11.4. The van der Waals surface area contributed by atoms with E-state index >= 15 is 0 Å². The number of benzene rings is 4. The molecule has 0 spiro atoms. The molecule has 2 unspecified atom stereocenters. The molecule has 1 aromatic heterocycles. The monoisotopic (exact) mass is 767 g/mol. The van der Waals surface area contributed by atoms with Gasteiger partial charge in [0.25, 0.3) is 11.8 Å². The molecule has 270 valence electrons. The summed E-state index contributed by atoms with van der Waals surface area (Å²) in [6, 6.07) is 28.6. The maximum absolute atomic E-state index is 14.8. The third-order valence-electron chi connectivity index (χ3n) is 8.64. The molecule has 5 aromatic rings. The lowest BCUT2D eigenvalue weighted by atomic mass is 9.88. The zero-order chi connectivity index (χ0) is 37.5. The van der Waals surface area contributed by atoms with Crippen LogP contribution in [0, 0.1) is 11.7 Å². The molecule has 0 bridgehead atoms. The first-order chi connectivity index (χ1) is 25.6. The van der Waals surface area contributed by atoms with Gasteiger partial charge in [0.1, 0.15) is 21.8 Å². The van der Waals surface area contributed by atoms with Crippen LogP contribution < -0.4 is 16.0 Å². The van der Waals surface area contributed by atoms with E-state index in [0.29, 0.717) is 32.6 Å². The molecule has 53 heavy (non-hydrogen) atoms. The average molecular weight is 768 g/mol. The van der Waals surface area contributed by atoms with E-state index in [-0.39, 0.29) is 22.2 Å². The molecule has 3 N–H and O–H groups in total. The van der Waals surface area contributed by atoms with Crippen molar-refractivity contribution in [2.75, 3.05) is 17.7 Å². The van der Waals surface area contributed by atoms with Gasteiger partial charge >= 0.3 is 5.97 Å². The Morgan fingerprint density at radius 2 is 1.66 bits per heavy atom. The van der Waals surface area contributed by atoms with E-state index in [0.717, 1.165) is 35.3 Å². The summed E-state index contributed by atoms with van der Waals surface area (Å²) in [6.45, 7) is 2.17. The van der Waals surface area contributed by atoms with Crippen LogP contribution in [0.5, 0.6) is 0 Å². The molecule has 0 radical (unpaired) electrons. The van der Waals surface area contributed by atoms with Crippen LogP contribution in [0.3, 0.4) is 0 Å². The largest absolute Gasteiger partial charge is 0.465 e. The van der Waals surface area contributed by atoms with E-state index in [9.17, 15) is 23.6 Å². The van der Waals surface area contributed by atoms with E-state index in [2.05, 4.69) is 22.9 Å². The van der Waals surface area contributed by atoms with E-state index in [4.69, 9.17) is 16.3 Å². The summed E-state index contributed by atoms with van der Waals surface area (Å²) < 4.78 is 19.9. The molecule has 12 heteroatoms. The molecule has 0 aliphatic heterocycles. The molecule has 4 aromatic carbocycles. The number of hydrogen-bond acceptors (Lipinski definition) is 7. The number of amides is 3. The van der Waals surface area contributed by atoms with Crippen molar-refractivity contribution in [2.24, 2.45) is 5.92 Å². The number of nitrogens with one attached hydrogen (secondary N) is 3. The number of esters is 1. The summed E-state index contributed by atoms with van der Waals surface area (Å²) in [5, 5.41) is 8.21. The van der Waals surface area contributed by atoms with Crippen LogP contribution in [-0.4, -0.2) is 30.8 Å². The highest BCUT2D eigenvalue weighted by atomic mass is 35.5. The fraction of sp³-hybridized carbons (Fsp3) is 0.171. The van der Waals surface area contributed by atoms with Crippen LogP contribution in [0.2, 0.25) is 5.02 Å². The van der Waals surface area contributed by atoms with Crippen LogP contribution in [0.25, 0.3) is 6.08 Å². The fourth-order valence-electron chi connectivity index (χ4n) is 5.95. The molecule has 6 rings (SSSR count). The van der Waals surface area contributed by atoms with Crippen LogP contribution >= 0.6 is 34.7 Å². The Morgan fingerprint density at radius 1 is 0.943 bits per heavy atom. The maximum Gasteiger partial charge on any atom is 0.341 e. The summed E-state index contributed by atoms with van der Waals surface area (Å²) >= 11 is 8.94. The lowest BCUT2D eigenvalue weighted by molar-refractivity contribution is -0.116. The van der Waals surface area contributed by atoms with Gasteiger partial charge in [0.15, 0.2) is 0 Å². The van der Waals surface area contributed by atoms with Gasteiger partial charge in [-0.25, -0.2) is 9.18 Å². The lowest BCUT2D eigenvalue weighted by Crippen LogP contribution is -2.30. The van der Waals surface area contributed by atoms with Gasteiger partial charge in [-0.15, -0.1) is 23.1 Å². The molecule has 3 amide bonds. The number of methoxy groups -OCH3 is 1. The first-order valence-corrected chi connectivity index (χ1v) is 18.9. The predicted octanol–water partition coefficient (Wildman–Crippen LogP) is 9.33. The molecule has 8 nitrogen and oxygen atoms in total. The predicted molar refractivity (Wildman–Crippen MR) is 209 cm³/mol. The molecule has 0 fully saturated rings. The van der Waals surface area contributed by atoms with Crippen molar-refractivity contribution in [3.05, 3.63) is 152 Å².